The zero-order chi connectivity index (χ0) is 12.5. The van der Waals surface area contributed by atoms with Crippen molar-refractivity contribution in [2.75, 3.05) is 7.11 Å². The van der Waals surface area contributed by atoms with Crippen molar-refractivity contribution < 1.29 is 9.13 Å². The molecule has 0 saturated carbocycles. The highest BCUT2D eigenvalue weighted by atomic mass is 19.1. The maximum absolute atomic E-state index is 13.9. The minimum absolute atomic E-state index is 0.366. The molecule has 0 aliphatic heterocycles. The van der Waals surface area contributed by atoms with E-state index in [0.29, 0.717) is 17.0 Å². The Morgan fingerprint density at radius 3 is 3.00 bits per heavy atom. The zero-order valence-corrected chi connectivity index (χ0v) is 9.64. The fraction of sp³-hybridized carbons (Fsp3) is 0.0769. The highest BCUT2D eigenvalue weighted by Gasteiger charge is 2.14. The number of pyridine rings is 2. The topological polar surface area (TPSA) is 50.8 Å². The average molecular weight is 243 g/mol. The summed E-state index contributed by atoms with van der Waals surface area (Å²) in [4.78, 5) is 11.1. The van der Waals surface area contributed by atoms with E-state index in [-0.39, 0.29) is 0 Å². The average Bonchev–Trinajstić information content (AvgIpc) is 2.81. The Hall–Kier alpha value is -2.43. The van der Waals surface area contributed by atoms with Crippen LogP contribution in [0.3, 0.4) is 0 Å². The van der Waals surface area contributed by atoms with Crippen LogP contribution in [0.25, 0.3) is 22.3 Å². The van der Waals surface area contributed by atoms with Crippen molar-refractivity contribution in [1.82, 2.24) is 15.0 Å². The molecule has 5 heteroatoms. The third kappa shape index (κ3) is 1.60. The molecule has 3 aromatic rings. The van der Waals surface area contributed by atoms with E-state index in [2.05, 4.69) is 15.0 Å². The Kier molecular flexibility index (Phi) is 2.44. The Morgan fingerprint density at radius 2 is 2.22 bits per heavy atom. The van der Waals surface area contributed by atoms with Gasteiger partial charge in [0, 0.05) is 6.20 Å². The molecule has 0 spiro atoms. The van der Waals surface area contributed by atoms with Crippen LogP contribution in [0.4, 0.5) is 4.39 Å². The molecule has 4 nitrogen and oxygen atoms in total. The number of hydrogen-bond acceptors (Lipinski definition) is 3. The monoisotopic (exact) mass is 243 g/mol. The molecule has 0 radical (unpaired) electrons. The molecule has 90 valence electrons. The maximum Gasteiger partial charge on any atom is 0.154 e. The quantitative estimate of drug-likeness (QED) is 0.753. The first-order valence-electron chi connectivity index (χ1n) is 5.41. The van der Waals surface area contributed by atoms with Crippen LogP contribution in [0, 0.1) is 5.82 Å². The summed E-state index contributed by atoms with van der Waals surface area (Å²) in [6, 6.07) is 5.50. The van der Waals surface area contributed by atoms with Crippen molar-refractivity contribution >= 4 is 11.0 Å². The lowest BCUT2D eigenvalue weighted by atomic mass is 10.1. The van der Waals surface area contributed by atoms with Gasteiger partial charge in [-0.1, -0.05) is 0 Å². The molecule has 0 fully saturated rings. The van der Waals surface area contributed by atoms with Crippen LogP contribution >= 0.6 is 0 Å². The second-order valence-electron chi connectivity index (χ2n) is 3.82. The highest BCUT2D eigenvalue weighted by Crippen LogP contribution is 2.32. The van der Waals surface area contributed by atoms with Crippen molar-refractivity contribution in [1.29, 1.82) is 0 Å². The van der Waals surface area contributed by atoms with Gasteiger partial charge in [0.1, 0.15) is 5.75 Å². The van der Waals surface area contributed by atoms with Crippen molar-refractivity contribution in [2.45, 2.75) is 0 Å². The molecule has 0 saturated heterocycles. The second kappa shape index (κ2) is 4.10. The first-order valence-corrected chi connectivity index (χ1v) is 5.41. The largest absolute Gasteiger partial charge is 0.494 e. The zero-order valence-electron chi connectivity index (χ0n) is 9.64. The summed E-state index contributed by atoms with van der Waals surface area (Å²) in [6.45, 7) is 0. The SMILES string of the molecule is COc1cncc(F)c1-c1cc2ncccc2[nH]1. The minimum atomic E-state index is -0.430. The molecule has 0 bridgehead atoms. The van der Waals surface area contributed by atoms with Gasteiger partial charge in [-0.3, -0.25) is 9.97 Å². The van der Waals surface area contributed by atoms with Crippen LogP contribution in [-0.2, 0) is 0 Å². The number of methoxy groups -OCH3 is 1. The van der Waals surface area contributed by atoms with Gasteiger partial charge in [-0.05, 0) is 18.2 Å². The molecule has 0 unspecified atom stereocenters. The molecule has 0 atom stereocenters. The van der Waals surface area contributed by atoms with Crippen LogP contribution in [-0.4, -0.2) is 22.1 Å². The van der Waals surface area contributed by atoms with Crippen LogP contribution in [0.15, 0.2) is 36.8 Å². The van der Waals surface area contributed by atoms with E-state index in [9.17, 15) is 4.39 Å². The predicted octanol–water partition coefficient (Wildman–Crippen LogP) is 2.77. The van der Waals surface area contributed by atoms with Gasteiger partial charge in [-0.2, -0.15) is 0 Å². The van der Waals surface area contributed by atoms with Crippen LogP contribution in [0.2, 0.25) is 0 Å². The first-order chi connectivity index (χ1) is 8.79. The van der Waals surface area contributed by atoms with E-state index in [1.54, 1.807) is 12.3 Å². The normalized spacial score (nSPS) is 10.8. The Labute approximate surface area is 102 Å². The fourth-order valence-electron chi connectivity index (χ4n) is 1.92. The van der Waals surface area contributed by atoms with E-state index in [0.717, 1.165) is 17.2 Å². The molecule has 3 rings (SSSR count). The molecule has 3 aromatic heterocycles. The number of hydrogen-bond donors (Lipinski definition) is 1. The van der Waals surface area contributed by atoms with Crippen molar-refractivity contribution in [3.63, 3.8) is 0 Å². The number of fused-ring (bicyclic) bond motifs is 1. The number of H-pyrrole nitrogens is 1. The van der Waals surface area contributed by atoms with E-state index in [1.165, 1.54) is 13.3 Å². The lowest BCUT2D eigenvalue weighted by molar-refractivity contribution is 0.411. The highest BCUT2D eigenvalue weighted by molar-refractivity contribution is 5.83. The lowest BCUT2D eigenvalue weighted by Crippen LogP contribution is -1.93. The minimum Gasteiger partial charge on any atom is -0.494 e. The molecular weight excluding hydrogens is 233 g/mol. The molecule has 0 aromatic carbocycles. The van der Waals surface area contributed by atoms with Gasteiger partial charge >= 0.3 is 0 Å². The molecule has 18 heavy (non-hydrogen) atoms. The molecule has 0 amide bonds. The summed E-state index contributed by atoms with van der Waals surface area (Å²) in [6.07, 6.45) is 4.34. The summed E-state index contributed by atoms with van der Waals surface area (Å²) >= 11 is 0. The van der Waals surface area contributed by atoms with Gasteiger partial charge in [-0.15, -0.1) is 0 Å². The van der Waals surface area contributed by atoms with Gasteiger partial charge in [0.15, 0.2) is 5.82 Å². The number of ether oxygens (including phenoxy) is 1. The Balaban J connectivity index is 2.25. The molecule has 1 N–H and O–H groups in total. The van der Waals surface area contributed by atoms with Crippen molar-refractivity contribution in [3.8, 4) is 17.0 Å². The Morgan fingerprint density at radius 1 is 1.33 bits per heavy atom. The lowest BCUT2D eigenvalue weighted by Gasteiger charge is -2.06. The summed E-state index contributed by atoms with van der Waals surface area (Å²) < 4.78 is 19.0. The van der Waals surface area contributed by atoms with E-state index in [1.807, 2.05) is 12.1 Å². The predicted molar refractivity (Wildman–Crippen MR) is 65.8 cm³/mol. The van der Waals surface area contributed by atoms with E-state index in [4.69, 9.17) is 4.74 Å². The van der Waals surface area contributed by atoms with E-state index < -0.39 is 5.82 Å². The third-order valence-electron chi connectivity index (χ3n) is 2.74. The smallest absolute Gasteiger partial charge is 0.154 e. The fourth-order valence-corrected chi connectivity index (χ4v) is 1.92. The number of aromatic nitrogens is 3. The van der Waals surface area contributed by atoms with Gasteiger partial charge < -0.3 is 9.72 Å². The molecular formula is C13H10FN3O. The van der Waals surface area contributed by atoms with Crippen LogP contribution in [0.5, 0.6) is 5.75 Å². The second-order valence-corrected chi connectivity index (χ2v) is 3.82. The third-order valence-corrected chi connectivity index (χ3v) is 2.74. The van der Waals surface area contributed by atoms with Crippen molar-refractivity contribution in [2.24, 2.45) is 0 Å². The van der Waals surface area contributed by atoms with Gasteiger partial charge in [0.25, 0.3) is 0 Å². The van der Waals surface area contributed by atoms with Gasteiger partial charge in [0.2, 0.25) is 0 Å². The summed E-state index contributed by atoms with van der Waals surface area (Å²) in [7, 11) is 1.49. The standard InChI is InChI=1S/C13H10FN3O/c1-18-12-7-15-6-8(14)13(12)11-5-10-9(17-11)3-2-4-16-10/h2-7,17H,1H3. The number of nitrogens with one attached hydrogen (secondary N) is 1. The number of rotatable bonds is 2. The number of nitrogens with zero attached hydrogens (tertiary/aromatic N) is 2. The number of halogens is 1. The molecule has 0 aliphatic carbocycles. The summed E-state index contributed by atoms with van der Waals surface area (Å²) in [5.41, 5.74) is 2.63. The van der Waals surface area contributed by atoms with Crippen LogP contribution in [0.1, 0.15) is 0 Å². The van der Waals surface area contributed by atoms with Gasteiger partial charge in [-0.25, -0.2) is 4.39 Å². The van der Waals surface area contributed by atoms with E-state index >= 15 is 0 Å². The Bertz CT molecular complexity index is 675. The number of aromatic amines is 1. The molecule has 3 heterocycles. The molecule has 0 aliphatic rings. The maximum atomic E-state index is 13.9. The van der Waals surface area contributed by atoms with Gasteiger partial charge in [0.05, 0.1) is 41.8 Å². The summed E-state index contributed by atoms with van der Waals surface area (Å²) in [5, 5.41) is 0. The van der Waals surface area contributed by atoms with Crippen molar-refractivity contribution in [3.05, 3.63) is 42.6 Å². The first kappa shape index (κ1) is 10.7. The van der Waals surface area contributed by atoms with Crippen LogP contribution < -0.4 is 4.74 Å². The summed E-state index contributed by atoms with van der Waals surface area (Å²) in [5.74, 6) is -0.0394.